The van der Waals surface area contributed by atoms with Gasteiger partial charge in [-0.05, 0) is 12.3 Å². The molecular formula is C12H23N3O5. The summed E-state index contributed by atoms with van der Waals surface area (Å²) in [5.74, 6) is -1.46. The number of ether oxygens (including phenoxy) is 1. The molecule has 0 bridgehead atoms. The van der Waals surface area contributed by atoms with Crippen molar-refractivity contribution in [3.05, 3.63) is 0 Å². The van der Waals surface area contributed by atoms with Crippen molar-refractivity contribution in [2.24, 2.45) is 11.7 Å². The highest BCUT2D eigenvalue weighted by Gasteiger charge is 2.27. The number of hydrogen-bond donors (Lipinski definition) is 3. The van der Waals surface area contributed by atoms with Crippen molar-refractivity contribution in [3.63, 3.8) is 0 Å². The van der Waals surface area contributed by atoms with Crippen molar-refractivity contribution in [2.45, 2.75) is 26.3 Å². The van der Waals surface area contributed by atoms with Crippen LogP contribution in [-0.4, -0.2) is 60.8 Å². The fraction of sp³-hybridized carbons (Fsp3) is 0.750. The van der Waals surface area contributed by atoms with Crippen molar-refractivity contribution in [3.8, 4) is 0 Å². The van der Waals surface area contributed by atoms with Gasteiger partial charge in [0.25, 0.3) is 0 Å². The van der Waals surface area contributed by atoms with E-state index in [1.165, 1.54) is 7.11 Å². The lowest BCUT2D eigenvalue weighted by atomic mass is 10.0. The lowest BCUT2D eigenvalue weighted by molar-refractivity contribution is -0.145. The van der Waals surface area contributed by atoms with Gasteiger partial charge in [-0.15, -0.1) is 0 Å². The standard InChI is InChI=1S/C12H23N3O5/c1-8(2)6-9(14-12(13)19)11(18)15(4-5-20-3)7-10(16)17/h8-9H,4-7H2,1-3H3,(H,16,17)(H3,13,14,19). The second-order valence-corrected chi connectivity index (χ2v) is 4.84. The average Bonchev–Trinajstić information content (AvgIpc) is 2.31. The fourth-order valence-electron chi connectivity index (χ4n) is 1.72. The second kappa shape index (κ2) is 9.13. The van der Waals surface area contributed by atoms with Crippen LogP contribution >= 0.6 is 0 Å². The minimum Gasteiger partial charge on any atom is -0.480 e. The highest BCUT2D eigenvalue weighted by atomic mass is 16.5. The molecule has 0 saturated heterocycles. The zero-order chi connectivity index (χ0) is 15.7. The first-order chi connectivity index (χ1) is 9.27. The van der Waals surface area contributed by atoms with Gasteiger partial charge in [0.15, 0.2) is 0 Å². The molecule has 8 heteroatoms. The largest absolute Gasteiger partial charge is 0.480 e. The summed E-state index contributed by atoms with van der Waals surface area (Å²) in [6, 6.07) is -1.64. The number of nitrogens with zero attached hydrogens (tertiary/aromatic N) is 1. The van der Waals surface area contributed by atoms with E-state index in [9.17, 15) is 14.4 Å². The van der Waals surface area contributed by atoms with E-state index in [1.807, 2.05) is 13.8 Å². The van der Waals surface area contributed by atoms with Gasteiger partial charge in [0.1, 0.15) is 12.6 Å². The maximum Gasteiger partial charge on any atom is 0.323 e. The Bertz CT molecular complexity index is 346. The summed E-state index contributed by atoms with van der Waals surface area (Å²) in [6.07, 6.45) is 0.380. The van der Waals surface area contributed by atoms with Gasteiger partial charge in [0.2, 0.25) is 5.91 Å². The lowest BCUT2D eigenvalue weighted by Gasteiger charge is -2.27. The van der Waals surface area contributed by atoms with Crippen LogP contribution in [0.5, 0.6) is 0 Å². The van der Waals surface area contributed by atoms with Crippen LogP contribution in [0.3, 0.4) is 0 Å². The summed E-state index contributed by atoms with van der Waals surface area (Å²) in [5, 5.41) is 11.2. The predicted octanol–water partition coefficient (Wildman–Crippen LogP) is -0.371. The van der Waals surface area contributed by atoms with Crippen molar-refractivity contribution in [1.29, 1.82) is 0 Å². The number of urea groups is 1. The molecule has 0 aliphatic rings. The smallest absolute Gasteiger partial charge is 0.323 e. The van der Waals surface area contributed by atoms with Gasteiger partial charge < -0.3 is 25.8 Å². The zero-order valence-corrected chi connectivity index (χ0v) is 12.1. The second-order valence-electron chi connectivity index (χ2n) is 4.84. The number of hydrogen-bond acceptors (Lipinski definition) is 4. The number of primary amides is 1. The molecule has 0 heterocycles. The fourth-order valence-corrected chi connectivity index (χ4v) is 1.72. The Hall–Kier alpha value is -1.83. The molecule has 0 aromatic carbocycles. The molecule has 1 atom stereocenters. The van der Waals surface area contributed by atoms with Gasteiger partial charge in [0, 0.05) is 13.7 Å². The summed E-state index contributed by atoms with van der Waals surface area (Å²) in [5.41, 5.74) is 5.05. The number of nitrogens with two attached hydrogens (primary N) is 1. The van der Waals surface area contributed by atoms with Crippen LogP contribution in [0.1, 0.15) is 20.3 Å². The van der Waals surface area contributed by atoms with Crippen LogP contribution in [0.2, 0.25) is 0 Å². The number of carboxylic acid groups (broad SMARTS) is 1. The number of rotatable bonds is 9. The summed E-state index contributed by atoms with van der Waals surface area (Å²) >= 11 is 0. The maximum atomic E-state index is 12.3. The molecule has 0 saturated carbocycles. The predicted molar refractivity (Wildman–Crippen MR) is 72.1 cm³/mol. The van der Waals surface area contributed by atoms with E-state index in [0.29, 0.717) is 6.42 Å². The van der Waals surface area contributed by atoms with Crippen LogP contribution in [0.15, 0.2) is 0 Å². The lowest BCUT2D eigenvalue weighted by Crippen LogP contribution is -2.52. The van der Waals surface area contributed by atoms with E-state index in [4.69, 9.17) is 15.6 Å². The Labute approximate surface area is 118 Å². The average molecular weight is 289 g/mol. The molecule has 116 valence electrons. The van der Waals surface area contributed by atoms with Crippen LogP contribution in [-0.2, 0) is 14.3 Å². The maximum absolute atomic E-state index is 12.3. The Morgan fingerprint density at radius 2 is 1.95 bits per heavy atom. The van der Waals surface area contributed by atoms with E-state index in [0.717, 1.165) is 4.90 Å². The first-order valence-electron chi connectivity index (χ1n) is 6.33. The molecule has 0 radical (unpaired) electrons. The monoisotopic (exact) mass is 289 g/mol. The summed E-state index contributed by atoms with van der Waals surface area (Å²) in [4.78, 5) is 35.2. The topological polar surface area (TPSA) is 122 Å². The molecule has 1 unspecified atom stereocenters. The summed E-state index contributed by atoms with van der Waals surface area (Å²) in [7, 11) is 1.46. The Morgan fingerprint density at radius 3 is 2.35 bits per heavy atom. The van der Waals surface area contributed by atoms with Crippen molar-refractivity contribution >= 4 is 17.9 Å². The van der Waals surface area contributed by atoms with E-state index in [1.54, 1.807) is 0 Å². The summed E-state index contributed by atoms with van der Waals surface area (Å²) in [6.45, 7) is 3.68. The minimum atomic E-state index is -1.13. The summed E-state index contributed by atoms with van der Waals surface area (Å²) < 4.78 is 4.85. The van der Waals surface area contributed by atoms with Gasteiger partial charge in [-0.1, -0.05) is 13.8 Å². The van der Waals surface area contributed by atoms with Gasteiger partial charge >= 0.3 is 12.0 Å². The molecule has 0 fully saturated rings. The number of carboxylic acids is 1. The number of aliphatic carboxylic acids is 1. The molecule has 0 aromatic heterocycles. The van der Waals surface area contributed by atoms with Crippen molar-refractivity contribution < 1.29 is 24.2 Å². The molecule has 0 aliphatic carbocycles. The third-order valence-electron chi connectivity index (χ3n) is 2.52. The Morgan fingerprint density at radius 1 is 1.35 bits per heavy atom. The Balaban J connectivity index is 4.90. The Kier molecular flexibility index (Phi) is 8.30. The van der Waals surface area contributed by atoms with Crippen molar-refractivity contribution in [1.82, 2.24) is 10.2 Å². The number of nitrogens with one attached hydrogen (secondary N) is 1. The molecule has 0 aromatic rings. The number of amides is 3. The zero-order valence-electron chi connectivity index (χ0n) is 12.1. The quantitative estimate of drug-likeness (QED) is 0.534. The van der Waals surface area contributed by atoms with Crippen LogP contribution < -0.4 is 11.1 Å². The first-order valence-corrected chi connectivity index (χ1v) is 6.33. The highest BCUT2D eigenvalue weighted by molar-refractivity contribution is 5.88. The molecule has 0 rings (SSSR count). The molecule has 8 nitrogen and oxygen atoms in total. The normalized spacial score (nSPS) is 12.0. The van der Waals surface area contributed by atoms with E-state index in [-0.39, 0.29) is 19.1 Å². The third kappa shape index (κ3) is 7.57. The van der Waals surface area contributed by atoms with Gasteiger partial charge in [-0.3, -0.25) is 9.59 Å². The van der Waals surface area contributed by atoms with Gasteiger partial charge in [-0.2, -0.15) is 0 Å². The molecule has 0 aliphatic heterocycles. The molecule has 0 spiro atoms. The molecule has 3 amide bonds. The van der Waals surface area contributed by atoms with E-state index >= 15 is 0 Å². The molecular weight excluding hydrogens is 266 g/mol. The van der Waals surface area contributed by atoms with Crippen LogP contribution in [0.4, 0.5) is 4.79 Å². The SMILES string of the molecule is COCCN(CC(=O)O)C(=O)C(CC(C)C)NC(N)=O. The van der Waals surface area contributed by atoms with Crippen LogP contribution in [0, 0.1) is 5.92 Å². The minimum absolute atomic E-state index is 0.136. The highest BCUT2D eigenvalue weighted by Crippen LogP contribution is 2.08. The van der Waals surface area contributed by atoms with E-state index < -0.39 is 30.5 Å². The molecule has 20 heavy (non-hydrogen) atoms. The van der Waals surface area contributed by atoms with Gasteiger partial charge in [0.05, 0.1) is 6.61 Å². The first kappa shape index (κ1) is 18.2. The number of methoxy groups -OCH3 is 1. The van der Waals surface area contributed by atoms with Gasteiger partial charge in [-0.25, -0.2) is 4.79 Å². The number of carbonyl (C=O) groups excluding carboxylic acids is 2. The third-order valence-corrected chi connectivity index (χ3v) is 2.52. The van der Waals surface area contributed by atoms with Crippen LogP contribution in [0.25, 0.3) is 0 Å². The number of carbonyl (C=O) groups is 3. The van der Waals surface area contributed by atoms with E-state index in [2.05, 4.69) is 5.32 Å². The molecule has 4 N–H and O–H groups in total. The van der Waals surface area contributed by atoms with Crippen molar-refractivity contribution in [2.75, 3.05) is 26.8 Å².